The van der Waals surface area contributed by atoms with Crippen molar-refractivity contribution in [2.24, 2.45) is 14.1 Å². The van der Waals surface area contributed by atoms with Crippen LogP contribution in [0.3, 0.4) is 0 Å². The molecule has 4 nitrogen and oxygen atoms in total. The quantitative estimate of drug-likeness (QED) is 0.167. The van der Waals surface area contributed by atoms with Gasteiger partial charge < -0.3 is 18.9 Å². The lowest BCUT2D eigenvalue weighted by Gasteiger charge is -2.26. The SMILES string of the molecule is Cn1c2cc(N(c3ccccc3)c3ccc4ccccc4c3)ccc2c2c3ccccc3c3c4ccc(N(c5ccccc5)c5ccc6ccccc6c5)cc4n(C)c3c21. The molecule has 0 amide bonds. The van der Waals surface area contributed by atoms with Crippen molar-refractivity contribution >= 4 is 110 Å². The van der Waals surface area contributed by atoms with E-state index < -0.39 is 0 Å². The molecule has 0 aliphatic rings. The molecule has 10 aromatic carbocycles. The summed E-state index contributed by atoms with van der Waals surface area (Å²) in [5, 5.41) is 12.5. The smallest absolute Gasteiger partial charge is 0.0742 e. The van der Waals surface area contributed by atoms with Gasteiger partial charge in [-0.25, -0.2) is 0 Å². The number of anilines is 6. The number of para-hydroxylation sites is 2. The van der Waals surface area contributed by atoms with Crippen molar-refractivity contribution in [1.82, 2.24) is 9.13 Å². The minimum Gasteiger partial charge on any atom is -0.342 e. The van der Waals surface area contributed by atoms with Crippen LogP contribution in [0.15, 0.2) is 206 Å². The summed E-state index contributed by atoms with van der Waals surface area (Å²) in [7, 11) is 4.48. The maximum atomic E-state index is 2.43. The number of aryl methyl sites for hydroxylation is 2. The monoisotopic (exact) mass is 768 g/mol. The van der Waals surface area contributed by atoms with E-state index in [1.807, 2.05) is 0 Å². The maximum absolute atomic E-state index is 2.43. The third-order valence-corrected chi connectivity index (χ3v) is 12.6. The van der Waals surface area contributed by atoms with Gasteiger partial charge in [-0.15, -0.1) is 0 Å². The summed E-state index contributed by atoms with van der Waals surface area (Å²) in [6.45, 7) is 0. The average Bonchev–Trinajstić information content (AvgIpc) is 3.76. The Morgan fingerprint density at radius 2 is 0.633 bits per heavy atom. The number of hydrogen-bond acceptors (Lipinski definition) is 2. The third kappa shape index (κ3) is 5.17. The molecule has 0 atom stereocenters. The topological polar surface area (TPSA) is 16.3 Å². The highest BCUT2D eigenvalue weighted by molar-refractivity contribution is 6.36. The van der Waals surface area contributed by atoms with Gasteiger partial charge in [0.15, 0.2) is 0 Å². The van der Waals surface area contributed by atoms with Gasteiger partial charge in [-0.05, 0) is 105 Å². The second kappa shape index (κ2) is 13.4. The van der Waals surface area contributed by atoms with Crippen molar-refractivity contribution in [3.8, 4) is 0 Å². The number of aromatic nitrogens is 2. The molecule has 0 aliphatic heterocycles. The molecule has 12 aromatic rings. The van der Waals surface area contributed by atoms with E-state index in [0.717, 1.165) is 34.1 Å². The predicted octanol–water partition coefficient (Wildman–Crippen LogP) is 15.4. The van der Waals surface area contributed by atoms with Crippen LogP contribution < -0.4 is 9.80 Å². The Bertz CT molecular complexity index is 3390. The molecule has 0 saturated heterocycles. The lowest BCUT2D eigenvalue weighted by atomic mass is 9.98. The highest BCUT2D eigenvalue weighted by Crippen LogP contribution is 2.47. The predicted molar refractivity (Wildman–Crippen MR) is 256 cm³/mol. The molecule has 0 N–H and O–H groups in total. The van der Waals surface area contributed by atoms with Gasteiger partial charge >= 0.3 is 0 Å². The van der Waals surface area contributed by atoms with Crippen LogP contribution in [0.1, 0.15) is 0 Å². The Labute approximate surface area is 348 Å². The molecule has 0 spiro atoms. The fourth-order valence-corrected chi connectivity index (χ4v) is 9.83. The molecule has 0 fully saturated rings. The zero-order chi connectivity index (χ0) is 39.9. The standard InChI is InChI=1S/C56H40N4/c1-57-51-35-45(59(41-19-5-3-6-20-41)43-27-25-37-15-9-11-17-39(37)33-43)29-31-49(51)53-47-23-13-14-24-48(47)54-50-32-30-46(36-52(50)58(2)56(54)55(53)57)60(42-21-7-4-8-22-42)44-28-26-38-16-10-12-18-40(38)34-44/h3-36H,1-2H3. The number of fused-ring (bicyclic) bond motifs is 12. The van der Waals surface area contributed by atoms with Gasteiger partial charge in [0.2, 0.25) is 0 Å². The molecule has 60 heavy (non-hydrogen) atoms. The molecule has 12 rings (SSSR count). The average molecular weight is 769 g/mol. The van der Waals surface area contributed by atoms with Crippen LogP contribution in [0, 0.1) is 0 Å². The fourth-order valence-electron chi connectivity index (χ4n) is 9.83. The summed E-state index contributed by atoms with van der Waals surface area (Å²) in [6, 6.07) is 75.1. The highest BCUT2D eigenvalue weighted by Gasteiger charge is 2.24. The first kappa shape index (κ1) is 34.2. The molecule has 2 aromatic heterocycles. The first-order valence-electron chi connectivity index (χ1n) is 20.6. The van der Waals surface area contributed by atoms with Crippen molar-refractivity contribution in [2.75, 3.05) is 9.80 Å². The van der Waals surface area contributed by atoms with E-state index in [-0.39, 0.29) is 0 Å². The first-order valence-corrected chi connectivity index (χ1v) is 20.6. The first-order chi connectivity index (χ1) is 29.6. The zero-order valence-corrected chi connectivity index (χ0v) is 33.4. The van der Waals surface area contributed by atoms with Gasteiger partial charge in [-0.3, -0.25) is 0 Å². The van der Waals surface area contributed by atoms with E-state index in [0.29, 0.717) is 0 Å². The largest absolute Gasteiger partial charge is 0.342 e. The van der Waals surface area contributed by atoms with Crippen molar-refractivity contribution in [3.63, 3.8) is 0 Å². The van der Waals surface area contributed by atoms with Gasteiger partial charge in [-0.2, -0.15) is 0 Å². The number of hydrogen-bond donors (Lipinski definition) is 0. The minimum absolute atomic E-state index is 1.12. The van der Waals surface area contributed by atoms with Crippen LogP contribution in [-0.2, 0) is 14.1 Å². The highest BCUT2D eigenvalue weighted by atomic mass is 15.2. The lowest BCUT2D eigenvalue weighted by molar-refractivity contribution is 0.986. The Morgan fingerprint density at radius 3 is 1.07 bits per heavy atom. The molecule has 284 valence electrons. The zero-order valence-electron chi connectivity index (χ0n) is 33.4. The van der Waals surface area contributed by atoms with Crippen LogP contribution >= 0.6 is 0 Å². The molecule has 0 saturated carbocycles. The van der Waals surface area contributed by atoms with Crippen molar-refractivity contribution < 1.29 is 0 Å². The molecule has 0 bridgehead atoms. The van der Waals surface area contributed by atoms with Crippen molar-refractivity contribution in [3.05, 3.63) is 206 Å². The maximum Gasteiger partial charge on any atom is 0.0742 e. The fraction of sp³-hybridized carbons (Fsp3) is 0.0357. The third-order valence-electron chi connectivity index (χ3n) is 12.6. The minimum atomic E-state index is 1.12. The van der Waals surface area contributed by atoms with E-state index in [1.165, 1.54) is 75.9 Å². The second-order valence-corrected chi connectivity index (χ2v) is 15.9. The van der Waals surface area contributed by atoms with Gasteiger partial charge in [0, 0.05) is 69.8 Å². The van der Waals surface area contributed by atoms with E-state index in [1.54, 1.807) is 0 Å². The number of nitrogens with zero attached hydrogens (tertiary/aromatic N) is 4. The van der Waals surface area contributed by atoms with Gasteiger partial charge in [-0.1, -0.05) is 133 Å². The Kier molecular flexibility index (Phi) is 7.63. The van der Waals surface area contributed by atoms with Crippen molar-refractivity contribution in [1.29, 1.82) is 0 Å². The van der Waals surface area contributed by atoms with Crippen molar-refractivity contribution in [2.45, 2.75) is 0 Å². The molecular weight excluding hydrogens is 729 g/mol. The van der Waals surface area contributed by atoms with Gasteiger partial charge in [0.05, 0.1) is 22.1 Å². The number of benzene rings is 10. The summed E-state index contributed by atoms with van der Waals surface area (Å²) in [4.78, 5) is 4.76. The van der Waals surface area contributed by atoms with Crippen LogP contribution in [0.25, 0.3) is 75.9 Å². The molecule has 0 radical (unpaired) electrons. The summed E-state index contributed by atoms with van der Waals surface area (Å²) in [5.41, 5.74) is 11.6. The van der Waals surface area contributed by atoms with Crippen LogP contribution in [-0.4, -0.2) is 9.13 Å². The summed E-state index contributed by atoms with van der Waals surface area (Å²) < 4.78 is 4.86. The van der Waals surface area contributed by atoms with E-state index in [9.17, 15) is 0 Å². The lowest BCUT2D eigenvalue weighted by Crippen LogP contribution is -2.10. The molecule has 0 unspecified atom stereocenters. The molecule has 4 heteroatoms. The van der Waals surface area contributed by atoms with Crippen LogP contribution in [0.4, 0.5) is 34.1 Å². The van der Waals surface area contributed by atoms with E-state index in [4.69, 9.17) is 0 Å². The van der Waals surface area contributed by atoms with Gasteiger partial charge in [0.25, 0.3) is 0 Å². The summed E-state index contributed by atoms with van der Waals surface area (Å²) in [5.74, 6) is 0. The normalized spacial score (nSPS) is 11.8. The molecular formula is C56H40N4. The Hall–Kier alpha value is -7.82. The van der Waals surface area contributed by atoms with E-state index >= 15 is 0 Å². The Morgan fingerprint density at radius 1 is 0.283 bits per heavy atom. The summed E-state index contributed by atoms with van der Waals surface area (Å²) in [6.07, 6.45) is 0. The summed E-state index contributed by atoms with van der Waals surface area (Å²) >= 11 is 0. The molecule has 2 heterocycles. The van der Waals surface area contributed by atoms with Gasteiger partial charge in [0.1, 0.15) is 0 Å². The number of rotatable bonds is 6. The second-order valence-electron chi connectivity index (χ2n) is 15.9. The van der Waals surface area contributed by atoms with E-state index in [2.05, 4.69) is 239 Å². The Balaban J connectivity index is 1.10. The molecule has 0 aliphatic carbocycles. The van der Waals surface area contributed by atoms with Crippen LogP contribution in [0.5, 0.6) is 0 Å². The van der Waals surface area contributed by atoms with Crippen LogP contribution in [0.2, 0.25) is 0 Å².